The molecule has 4 amide bonds. The van der Waals surface area contributed by atoms with Gasteiger partial charge in [0.15, 0.2) is 21.5 Å². The summed E-state index contributed by atoms with van der Waals surface area (Å²) in [6.07, 6.45) is 11.3. The van der Waals surface area contributed by atoms with Crippen molar-refractivity contribution in [3.63, 3.8) is 0 Å². The normalized spacial score (nSPS) is 18.5. The fourth-order valence-electron chi connectivity index (χ4n) is 11.1. The standard InChI is InChI=1S/C58H68F2N10O8S2/c1-33-49(79-32-64-33)34-17-19-37(20-18-34)58(5)56(76)66-51(67-58)45-24-39(71)29-70(45)55(75)50(57(2,3)4)65-46(72)16-14-12-10-8-9-11-13-15-21-61-53(73)40-25-44-41(22-35(40)31-80(7,77)78)42-30-68(6)54(74)48-47(42)36(26-62-48)28-69(44)52-43(60)23-38(59)27-63-52/h17-20,22-23,25-27,30,32,39,45,50,62,71H,8-16,21,24,28-29,31H2,1-7H3,(H,61,73)(H,65,72)(H,66,67,76)/t39-,45+,50-,58+/m1/s1. The summed E-state index contributed by atoms with van der Waals surface area (Å²) in [5.74, 6) is -3.75. The summed E-state index contributed by atoms with van der Waals surface area (Å²) in [5, 5.41) is 20.7. The first-order valence-electron chi connectivity index (χ1n) is 27.0. The molecule has 5 N–H and O–H groups in total. The smallest absolute Gasteiger partial charge is 0.277 e. The molecule has 0 spiro atoms. The van der Waals surface area contributed by atoms with Crippen LogP contribution in [0.25, 0.3) is 32.5 Å². The summed E-state index contributed by atoms with van der Waals surface area (Å²) in [7, 11) is -2.09. The first kappa shape index (κ1) is 57.5. The number of anilines is 2. The summed E-state index contributed by atoms with van der Waals surface area (Å²) in [6.45, 7) is 9.66. The largest absolute Gasteiger partial charge is 0.391 e. The number of benzene rings is 2. The van der Waals surface area contributed by atoms with Crippen LogP contribution in [-0.4, -0.2) is 105 Å². The van der Waals surface area contributed by atoms with Crippen LogP contribution in [0.15, 0.2) is 76.4 Å². The van der Waals surface area contributed by atoms with Crippen molar-refractivity contribution in [3.8, 4) is 21.6 Å². The number of aliphatic imine (C=N–C) groups is 1. The third-order valence-electron chi connectivity index (χ3n) is 15.3. The Kier molecular flexibility index (Phi) is 16.6. The maximum atomic E-state index is 15.6. The number of hydrogen-bond donors (Lipinski definition) is 5. The van der Waals surface area contributed by atoms with Gasteiger partial charge < -0.3 is 40.4 Å². The van der Waals surface area contributed by atoms with Crippen molar-refractivity contribution in [3.05, 3.63) is 117 Å². The molecule has 0 radical (unpaired) electrons. The SMILES string of the molecule is Cc1ncsc1-c1ccc([C@]2(C)NC([C@@H]3C[C@@H](O)CN3C(=O)[C@@H](NC(=O)CCCCCCCCCCNC(=O)c3cc4c(cc3CS(C)(=O)=O)-c3cn(C)c(=O)c5[nH]cc(c35)CN4c3ncc(F)cc3F)C(C)(C)C)=NC2=O)cc1. The lowest BCUT2D eigenvalue weighted by Gasteiger charge is -2.36. The zero-order chi connectivity index (χ0) is 57.4. The number of H-pyrrole nitrogens is 1. The molecule has 1 saturated heterocycles. The van der Waals surface area contributed by atoms with Crippen molar-refractivity contribution < 1.29 is 41.5 Å². The number of hydrogen-bond acceptors (Lipinski definition) is 13. The molecule has 1 fully saturated rings. The highest BCUT2D eigenvalue weighted by Gasteiger charge is 2.49. The molecule has 4 atom stereocenters. The van der Waals surface area contributed by atoms with Crippen molar-refractivity contribution in [1.29, 1.82) is 0 Å². The Bertz CT molecular complexity index is 3590. The highest BCUT2D eigenvalue weighted by atomic mass is 32.2. The Morgan fingerprint density at radius 2 is 1.68 bits per heavy atom. The summed E-state index contributed by atoms with van der Waals surface area (Å²) in [4.78, 5) is 88.5. The number of fused-ring (bicyclic) bond motifs is 2. The predicted molar refractivity (Wildman–Crippen MR) is 304 cm³/mol. The van der Waals surface area contributed by atoms with Crippen LogP contribution in [0.3, 0.4) is 0 Å². The minimum Gasteiger partial charge on any atom is -0.391 e. The molecule has 2 aromatic carbocycles. The van der Waals surface area contributed by atoms with Crippen molar-refractivity contribution in [2.24, 2.45) is 17.5 Å². The number of carbonyl (C=O) groups is 4. The Hall–Kier alpha value is -7.17. The van der Waals surface area contributed by atoms with Gasteiger partial charge in [0.1, 0.15) is 28.8 Å². The molecular weight excluding hydrogens is 1070 g/mol. The highest BCUT2D eigenvalue weighted by molar-refractivity contribution is 7.89. The van der Waals surface area contributed by atoms with E-state index in [1.807, 2.05) is 52.0 Å². The molecule has 4 aromatic heterocycles. The number of amidine groups is 1. The number of aryl methyl sites for hydroxylation is 2. The number of sulfone groups is 1. The molecule has 80 heavy (non-hydrogen) atoms. The number of β-amino-alcohol motifs (C(OH)–C–C–N with tert-alkyl or cyclic N) is 1. The molecule has 0 aliphatic carbocycles. The number of amides is 4. The van der Waals surface area contributed by atoms with Crippen LogP contribution < -0.4 is 26.4 Å². The van der Waals surface area contributed by atoms with Crippen molar-refractivity contribution in [2.75, 3.05) is 24.2 Å². The number of aromatic amines is 1. The van der Waals surface area contributed by atoms with Gasteiger partial charge in [0.2, 0.25) is 11.8 Å². The third-order valence-corrected chi connectivity index (χ3v) is 17.1. The highest BCUT2D eigenvalue weighted by Crippen LogP contribution is 2.45. The summed E-state index contributed by atoms with van der Waals surface area (Å²) < 4.78 is 56.7. The van der Waals surface area contributed by atoms with E-state index < -0.39 is 68.2 Å². The molecule has 0 bridgehead atoms. The summed E-state index contributed by atoms with van der Waals surface area (Å²) in [6, 6.07) is 9.89. The molecule has 3 aliphatic rings. The van der Waals surface area contributed by atoms with Crippen LogP contribution in [-0.2, 0) is 49.1 Å². The summed E-state index contributed by atoms with van der Waals surface area (Å²) >= 11 is 1.54. The van der Waals surface area contributed by atoms with Gasteiger partial charge in [0, 0.05) is 79.8 Å². The number of halogens is 2. The first-order valence-corrected chi connectivity index (χ1v) is 30.0. The van der Waals surface area contributed by atoms with E-state index >= 15 is 4.39 Å². The van der Waals surface area contributed by atoms with E-state index in [-0.39, 0.29) is 60.2 Å². The maximum Gasteiger partial charge on any atom is 0.277 e. The Balaban J connectivity index is 0.747. The van der Waals surface area contributed by atoms with Gasteiger partial charge >= 0.3 is 0 Å². The molecule has 22 heteroatoms. The van der Waals surface area contributed by atoms with E-state index in [1.54, 1.807) is 49.3 Å². The topological polar surface area (TPSA) is 241 Å². The van der Waals surface area contributed by atoms with E-state index in [1.165, 1.54) is 20.4 Å². The fraction of sp³-hybridized carbons (Fsp3) is 0.448. The molecule has 3 aliphatic heterocycles. The van der Waals surface area contributed by atoms with E-state index in [0.717, 1.165) is 67.1 Å². The van der Waals surface area contributed by atoms with E-state index in [0.29, 0.717) is 70.1 Å². The van der Waals surface area contributed by atoms with E-state index in [4.69, 9.17) is 0 Å². The second-order valence-corrected chi connectivity index (χ2v) is 25.7. The van der Waals surface area contributed by atoms with Crippen LogP contribution in [0, 0.1) is 24.0 Å². The molecule has 0 unspecified atom stereocenters. The van der Waals surface area contributed by atoms with Crippen LogP contribution in [0.1, 0.15) is 125 Å². The minimum absolute atomic E-state index is 0.00744. The van der Waals surface area contributed by atoms with E-state index in [9.17, 15) is 41.9 Å². The average molecular weight is 1140 g/mol. The third kappa shape index (κ3) is 12.1. The number of nitrogens with one attached hydrogen (secondary N) is 4. The molecule has 6 aromatic rings. The fourth-order valence-corrected chi connectivity index (χ4v) is 12.7. The molecular formula is C58H68F2N10O8S2. The Morgan fingerprint density at radius 1 is 0.975 bits per heavy atom. The molecule has 0 saturated carbocycles. The Morgan fingerprint density at radius 3 is 2.34 bits per heavy atom. The number of likely N-dealkylation sites (tertiary alicyclic amines) is 1. The second kappa shape index (κ2) is 23.1. The number of pyridine rings is 2. The van der Waals surface area contributed by atoms with Crippen LogP contribution in [0.4, 0.5) is 20.3 Å². The zero-order valence-corrected chi connectivity index (χ0v) is 47.7. The number of aliphatic hydroxyl groups excluding tert-OH is 1. The van der Waals surface area contributed by atoms with Crippen LogP contribution in [0.5, 0.6) is 0 Å². The van der Waals surface area contributed by atoms with Crippen LogP contribution in [0.2, 0.25) is 0 Å². The molecule has 18 nitrogen and oxygen atoms in total. The van der Waals surface area contributed by atoms with E-state index in [2.05, 4.69) is 35.9 Å². The summed E-state index contributed by atoms with van der Waals surface area (Å²) in [5.41, 5.74) is 4.75. The van der Waals surface area contributed by atoms with Crippen molar-refractivity contribution >= 4 is 73.0 Å². The molecule has 424 valence electrons. The number of carbonyl (C=O) groups excluding carboxylic acids is 4. The van der Waals surface area contributed by atoms with Crippen LogP contribution >= 0.6 is 11.3 Å². The number of thiazole rings is 1. The lowest BCUT2D eigenvalue weighted by Crippen LogP contribution is -2.58. The number of unbranched alkanes of at least 4 members (excludes halogenated alkanes) is 7. The minimum atomic E-state index is -3.67. The monoisotopic (exact) mass is 1130 g/mol. The number of aromatic nitrogens is 4. The second-order valence-electron chi connectivity index (χ2n) is 22.7. The lowest BCUT2D eigenvalue weighted by atomic mass is 9.85. The van der Waals surface area contributed by atoms with Gasteiger partial charge in [-0.05, 0) is 66.5 Å². The average Bonchev–Trinajstić information content (AvgIpc) is 4.32. The van der Waals surface area contributed by atoms with Gasteiger partial charge in [0.25, 0.3) is 17.4 Å². The van der Waals surface area contributed by atoms with Gasteiger partial charge in [-0.3, -0.25) is 24.0 Å². The lowest BCUT2D eigenvalue weighted by molar-refractivity contribution is -0.139. The van der Waals surface area contributed by atoms with Gasteiger partial charge in [-0.1, -0.05) is 83.6 Å². The van der Waals surface area contributed by atoms with Gasteiger partial charge in [-0.2, -0.15) is 4.99 Å². The van der Waals surface area contributed by atoms with Gasteiger partial charge in [-0.15, -0.1) is 11.3 Å². The predicted octanol–water partition coefficient (Wildman–Crippen LogP) is 8.01. The Labute approximate surface area is 467 Å². The molecule has 9 rings (SSSR count). The maximum absolute atomic E-state index is 15.6. The zero-order valence-electron chi connectivity index (χ0n) is 46.0. The molecule has 7 heterocycles. The van der Waals surface area contributed by atoms with Crippen molar-refractivity contribution in [2.45, 2.75) is 135 Å². The number of aliphatic hydroxyl groups is 1. The number of nitrogens with zero attached hydrogens (tertiary/aromatic N) is 6. The van der Waals surface area contributed by atoms with Gasteiger partial charge in [0.05, 0.1) is 52.4 Å². The van der Waals surface area contributed by atoms with Crippen molar-refractivity contribution in [1.82, 2.24) is 40.4 Å². The quantitative estimate of drug-likeness (QED) is 0.0457. The number of rotatable bonds is 20. The van der Waals surface area contributed by atoms with Gasteiger partial charge in [-0.25, -0.2) is 27.2 Å². The first-order chi connectivity index (χ1) is 37.9.